The minimum absolute atomic E-state index is 0.0879. The van der Waals surface area contributed by atoms with Crippen molar-refractivity contribution in [3.05, 3.63) is 18.0 Å². The molecule has 3 N–H and O–H groups in total. The number of nitrogens with one attached hydrogen (secondary N) is 1. The summed E-state index contributed by atoms with van der Waals surface area (Å²) in [6, 6.07) is 0.951. The molecule has 0 aliphatic rings. The highest BCUT2D eigenvalue weighted by Gasteiger charge is 2.33. The fraction of sp³-hybridized carbons (Fsp3) is 0.500. The lowest BCUT2D eigenvalue weighted by Gasteiger charge is -2.27. The van der Waals surface area contributed by atoms with Crippen LogP contribution in [-0.4, -0.2) is 34.6 Å². The van der Waals surface area contributed by atoms with Crippen molar-refractivity contribution in [1.29, 1.82) is 5.41 Å². The van der Waals surface area contributed by atoms with Crippen molar-refractivity contribution in [1.82, 2.24) is 9.97 Å². The number of rotatable bonds is 4. The minimum Gasteiger partial charge on any atom is -0.382 e. The lowest BCUT2D eigenvalue weighted by atomic mass is 10.3. The quantitative estimate of drug-likeness (QED) is 0.636. The Kier molecular flexibility index (Phi) is 4.10. The Balaban J connectivity index is 3.06. The predicted molar refractivity (Wildman–Crippen MR) is 61.6 cm³/mol. The van der Waals surface area contributed by atoms with Crippen LogP contribution in [0, 0.1) is 5.41 Å². The van der Waals surface area contributed by atoms with Gasteiger partial charge in [0.25, 0.3) is 0 Å². The first-order valence-corrected chi connectivity index (χ1v) is 5.21. The third-order valence-electron chi connectivity index (χ3n) is 2.15. The van der Waals surface area contributed by atoms with Crippen molar-refractivity contribution in [2.45, 2.75) is 26.1 Å². The lowest BCUT2D eigenvalue weighted by Crippen LogP contribution is -2.40. The summed E-state index contributed by atoms with van der Waals surface area (Å²) in [5, 5.41) is 7.21. The Morgan fingerprint density at radius 1 is 1.50 bits per heavy atom. The highest BCUT2D eigenvalue weighted by molar-refractivity contribution is 5.93. The number of hydrogen-bond acceptors (Lipinski definition) is 4. The fourth-order valence-corrected chi connectivity index (χ4v) is 1.31. The number of anilines is 1. The van der Waals surface area contributed by atoms with Crippen LogP contribution in [-0.2, 0) is 0 Å². The molecule has 0 radical (unpaired) electrons. The molecule has 8 heteroatoms. The van der Waals surface area contributed by atoms with Gasteiger partial charge in [0.05, 0.1) is 0 Å². The van der Waals surface area contributed by atoms with E-state index in [-0.39, 0.29) is 17.5 Å². The maximum absolute atomic E-state index is 12.4. The Labute approximate surface area is 102 Å². The van der Waals surface area contributed by atoms with E-state index in [0.29, 0.717) is 0 Å². The third-order valence-corrected chi connectivity index (χ3v) is 2.15. The van der Waals surface area contributed by atoms with Gasteiger partial charge in [-0.15, -0.1) is 0 Å². The average Bonchev–Trinajstić information content (AvgIpc) is 2.24. The maximum atomic E-state index is 12.4. The van der Waals surface area contributed by atoms with Crippen molar-refractivity contribution in [3.8, 4) is 0 Å². The summed E-state index contributed by atoms with van der Waals surface area (Å²) in [7, 11) is 0. The molecule has 0 aromatic carbocycles. The van der Waals surface area contributed by atoms with Crippen LogP contribution in [0.4, 0.5) is 19.1 Å². The molecule has 0 aliphatic heterocycles. The summed E-state index contributed by atoms with van der Waals surface area (Å²) >= 11 is 0. The number of hydrogen-bond donors (Lipinski definition) is 2. The molecule has 0 atom stereocenters. The second-order valence-electron chi connectivity index (χ2n) is 3.99. The molecule has 0 amide bonds. The van der Waals surface area contributed by atoms with Crippen LogP contribution in [0.1, 0.15) is 19.5 Å². The Hall–Kier alpha value is -1.86. The van der Waals surface area contributed by atoms with Gasteiger partial charge in [0.2, 0.25) is 5.95 Å². The van der Waals surface area contributed by atoms with Gasteiger partial charge in [0.1, 0.15) is 18.1 Å². The van der Waals surface area contributed by atoms with Crippen LogP contribution in [0.2, 0.25) is 0 Å². The normalized spacial score (nSPS) is 11.7. The van der Waals surface area contributed by atoms with Gasteiger partial charge in [-0.25, -0.2) is 9.97 Å². The molecular weight excluding hydrogens is 247 g/mol. The van der Waals surface area contributed by atoms with E-state index in [0.717, 1.165) is 4.90 Å². The van der Waals surface area contributed by atoms with Crippen molar-refractivity contribution >= 4 is 11.8 Å². The van der Waals surface area contributed by atoms with E-state index in [2.05, 4.69) is 9.97 Å². The zero-order valence-electron chi connectivity index (χ0n) is 9.99. The van der Waals surface area contributed by atoms with Gasteiger partial charge in [-0.2, -0.15) is 13.2 Å². The Bertz CT molecular complexity index is 430. The largest absolute Gasteiger partial charge is 0.406 e. The zero-order valence-corrected chi connectivity index (χ0v) is 9.99. The van der Waals surface area contributed by atoms with Gasteiger partial charge < -0.3 is 10.6 Å². The molecule has 5 nitrogen and oxygen atoms in total. The molecule has 1 rings (SSSR count). The number of nitrogens with zero attached hydrogens (tertiary/aromatic N) is 3. The molecular formula is C10H14F3N5. The van der Waals surface area contributed by atoms with E-state index in [1.54, 1.807) is 13.8 Å². The van der Waals surface area contributed by atoms with E-state index in [4.69, 9.17) is 11.1 Å². The standard InChI is InChI=1S/C10H14F3N5/c1-6(2)18(5-10(11,12)13)9-16-4-3-7(17-9)8(14)15/h3-4,6H,5H2,1-2H3,(H3,14,15). The number of amidine groups is 1. The second-order valence-corrected chi connectivity index (χ2v) is 3.99. The van der Waals surface area contributed by atoms with E-state index >= 15 is 0 Å². The number of nitrogen functional groups attached to an aromatic ring is 1. The molecule has 18 heavy (non-hydrogen) atoms. The first-order valence-electron chi connectivity index (χ1n) is 5.21. The number of aromatic nitrogens is 2. The van der Waals surface area contributed by atoms with Gasteiger partial charge >= 0.3 is 6.18 Å². The maximum Gasteiger partial charge on any atom is 0.406 e. The van der Waals surface area contributed by atoms with Crippen molar-refractivity contribution in [2.24, 2.45) is 5.73 Å². The molecule has 0 aliphatic carbocycles. The second kappa shape index (κ2) is 5.19. The molecule has 0 bridgehead atoms. The SMILES string of the molecule is CC(C)N(CC(F)(F)F)c1nccc(C(=N)N)n1. The highest BCUT2D eigenvalue weighted by Crippen LogP contribution is 2.21. The highest BCUT2D eigenvalue weighted by atomic mass is 19.4. The van der Waals surface area contributed by atoms with Gasteiger partial charge in [-0.1, -0.05) is 0 Å². The smallest absolute Gasteiger partial charge is 0.382 e. The topological polar surface area (TPSA) is 78.9 Å². The number of alkyl halides is 3. The van der Waals surface area contributed by atoms with Crippen LogP contribution in [0.5, 0.6) is 0 Å². The molecule has 1 aromatic rings. The number of nitrogens with two attached hydrogens (primary N) is 1. The predicted octanol–water partition coefficient (Wildman–Crippen LogP) is 1.54. The molecule has 0 saturated carbocycles. The van der Waals surface area contributed by atoms with Crippen LogP contribution in [0.25, 0.3) is 0 Å². The van der Waals surface area contributed by atoms with Crippen LogP contribution in [0.15, 0.2) is 12.3 Å². The van der Waals surface area contributed by atoms with E-state index in [1.807, 2.05) is 0 Å². The molecule has 100 valence electrons. The first-order chi connectivity index (χ1) is 8.20. The monoisotopic (exact) mass is 261 g/mol. The minimum atomic E-state index is -4.35. The van der Waals surface area contributed by atoms with Gasteiger partial charge in [0.15, 0.2) is 0 Å². The molecule has 1 aromatic heterocycles. The summed E-state index contributed by atoms with van der Waals surface area (Å²) < 4.78 is 37.3. The Morgan fingerprint density at radius 2 is 2.11 bits per heavy atom. The van der Waals surface area contributed by atoms with Gasteiger partial charge in [-0.3, -0.25) is 5.41 Å². The summed E-state index contributed by atoms with van der Waals surface area (Å²) in [4.78, 5) is 8.64. The van der Waals surface area contributed by atoms with Crippen LogP contribution in [0.3, 0.4) is 0 Å². The molecule has 1 heterocycles. The molecule has 0 unspecified atom stereocenters. The van der Waals surface area contributed by atoms with Crippen LogP contribution >= 0.6 is 0 Å². The molecule has 0 spiro atoms. The lowest BCUT2D eigenvalue weighted by molar-refractivity contribution is -0.120. The molecule has 0 fully saturated rings. The van der Waals surface area contributed by atoms with Crippen molar-refractivity contribution in [2.75, 3.05) is 11.4 Å². The fourth-order valence-electron chi connectivity index (χ4n) is 1.31. The van der Waals surface area contributed by atoms with E-state index in [1.165, 1.54) is 12.3 Å². The van der Waals surface area contributed by atoms with Crippen molar-refractivity contribution < 1.29 is 13.2 Å². The average molecular weight is 261 g/mol. The summed E-state index contributed by atoms with van der Waals surface area (Å²) in [5.74, 6) is -0.399. The summed E-state index contributed by atoms with van der Waals surface area (Å²) in [5.41, 5.74) is 5.34. The zero-order chi connectivity index (χ0) is 13.9. The van der Waals surface area contributed by atoms with E-state index < -0.39 is 18.8 Å². The van der Waals surface area contributed by atoms with Gasteiger partial charge in [0, 0.05) is 12.2 Å². The van der Waals surface area contributed by atoms with Gasteiger partial charge in [-0.05, 0) is 19.9 Å². The summed E-state index contributed by atoms with van der Waals surface area (Å²) in [6.07, 6.45) is -3.06. The molecule has 0 saturated heterocycles. The Morgan fingerprint density at radius 3 is 2.56 bits per heavy atom. The van der Waals surface area contributed by atoms with Crippen LogP contribution < -0.4 is 10.6 Å². The first kappa shape index (κ1) is 14.2. The van der Waals surface area contributed by atoms with E-state index in [9.17, 15) is 13.2 Å². The number of halogens is 3. The van der Waals surface area contributed by atoms with Crippen molar-refractivity contribution in [3.63, 3.8) is 0 Å². The summed E-state index contributed by atoms with van der Waals surface area (Å²) in [6.45, 7) is 2.07. The third kappa shape index (κ3) is 3.86.